The number of nitrogens with one attached hydrogen (secondary N) is 1. The Morgan fingerprint density at radius 1 is 1.12 bits per heavy atom. The Hall–Kier alpha value is -2.63. The second-order valence-corrected chi connectivity index (χ2v) is 6.35. The summed E-state index contributed by atoms with van der Waals surface area (Å²) >= 11 is 0. The fourth-order valence-corrected chi connectivity index (χ4v) is 2.95. The van der Waals surface area contributed by atoms with Gasteiger partial charge in [-0.15, -0.1) is 10.2 Å². The Kier molecular flexibility index (Phi) is 5.48. The highest BCUT2D eigenvalue weighted by Crippen LogP contribution is 2.18. The molecule has 1 amide bonds. The molecule has 1 N–H and O–H groups in total. The first-order valence-corrected chi connectivity index (χ1v) is 8.86. The molecule has 0 unspecified atom stereocenters. The smallest absolute Gasteiger partial charge is 0.274 e. The third-order valence-corrected chi connectivity index (χ3v) is 4.37. The predicted molar refractivity (Wildman–Crippen MR) is 100 cm³/mol. The van der Waals surface area contributed by atoms with Crippen LogP contribution in [0.1, 0.15) is 29.4 Å². The summed E-state index contributed by atoms with van der Waals surface area (Å²) in [6, 6.07) is 12.1. The molecule has 0 atom stereocenters. The molecule has 2 aromatic rings. The third-order valence-electron chi connectivity index (χ3n) is 4.37. The van der Waals surface area contributed by atoms with Gasteiger partial charge in [-0.05, 0) is 43.2 Å². The quantitative estimate of drug-likeness (QED) is 0.907. The summed E-state index contributed by atoms with van der Waals surface area (Å²) in [6.45, 7) is 8.10. The van der Waals surface area contributed by atoms with E-state index in [1.165, 1.54) is 11.3 Å². The number of aryl methyl sites for hydroxylation is 1. The second kappa shape index (κ2) is 7.96. The van der Waals surface area contributed by atoms with Gasteiger partial charge >= 0.3 is 0 Å². The number of anilines is 2. The van der Waals surface area contributed by atoms with Crippen LogP contribution in [-0.4, -0.2) is 53.7 Å². The van der Waals surface area contributed by atoms with Crippen LogP contribution >= 0.6 is 0 Å². The molecule has 1 fully saturated rings. The topological polar surface area (TPSA) is 61.4 Å². The summed E-state index contributed by atoms with van der Waals surface area (Å²) < 4.78 is 0. The largest absolute Gasteiger partial charge is 0.369 e. The van der Waals surface area contributed by atoms with Gasteiger partial charge in [0, 0.05) is 38.4 Å². The highest BCUT2D eigenvalue weighted by Gasteiger charge is 2.23. The first-order valence-electron chi connectivity index (χ1n) is 8.86. The zero-order chi connectivity index (χ0) is 17.6. The van der Waals surface area contributed by atoms with E-state index in [1.807, 2.05) is 11.0 Å². The molecule has 0 bridgehead atoms. The zero-order valence-electron chi connectivity index (χ0n) is 14.9. The summed E-state index contributed by atoms with van der Waals surface area (Å²) in [5.74, 6) is 0.668. The molecule has 0 radical (unpaired) electrons. The van der Waals surface area contributed by atoms with Gasteiger partial charge in [-0.25, -0.2) is 0 Å². The Labute approximate surface area is 148 Å². The average molecular weight is 339 g/mol. The number of rotatable bonds is 5. The van der Waals surface area contributed by atoms with Crippen molar-refractivity contribution < 1.29 is 4.79 Å². The van der Waals surface area contributed by atoms with Gasteiger partial charge in [-0.2, -0.15) is 0 Å². The van der Waals surface area contributed by atoms with Gasteiger partial charge in [-0.1, -0.05) is 19.1 Å². The van der Waals surface area contributed by atoms with Crippen molar-refractivity contribution in [3.05, 3.63) is 47.7 Å². The molecule has 6 nitrogen and oxygen atoms in total. The van der Waals surface area contributed by atoms with E-state index in [0.717, 1.165) is 26.1 Å². The average Bonchev–Trinajstić information content (AvgIpc) is 2.66. The van der Waals surface area contributed by atoms with Gasteiger partial charge in [0.05, 0.1) is 0 Å². The maximum absolute atomic E-state index is 12.6. The molecule has 1 aliphatic heterocycles. The van der Waals surface area contributed by atoms with Crippen LogP contribution in [-0.2, 0) is 0 Å². The molecule has 3 rings (SSSR count). The molecule has 132 valence electrons. The lowest BCUT2D eigenvalue weighted by molar-refractivity contribution is 0.0739. The van der Waals surface area contributed by atoms with E-state index >= 15 is 0 Å². The van der Waals surface area contributed by atoms with Crippen LogP contribution in [0, 0.1) is 6.92 Å². The van der Waals surface area contributed by atoms with E-state index in [0.29, 0.717) is 24.6 Å². The monoisotopic (exact) mass is 339 g/mol. The van der Waals surface area contributed by atoms with Gasteiger partial charge in [0.25, 0.3) is 5.91 Å². The standard InChI is InChI=1S/C19H25N5O/c1-3-9-20-18-8-7-17(21-22-18)19(25)24-12-10-23(11-13-24)16-6-4-5-15(2)14-16/h4-8,14H,3,9-13H2,1-2H3,(H,20,22). The molecule has 1 aromatic heterocycles. The van der Waals surface area contributed by atoms with Crippen molar-refractivity contribution in [1.29, 1.82) is 0 Å². The molecular formula is C19H25N5O. The fourth-order valence-electron chi connectivity index (χ4n) is 2.95. The van der Waals surface area contributed by atoms with Crippen LogP contribution in [0.5, 0.6) is 0 Å². The summed E-state index contributed by atoms with van der Waals surface area (Å²) in [6.07, 6.45) is 1.02. The Morgan fingerprint density at radius 3 is 2.56 bits per heavy atom. The van der Waals surface area contributed by atoms with Gasteiger partial charge < -0.3 is 15.1 Å². The van der Waals surface area contributed by atoms with Crippen molar-refractivity contribution in [1.82, 2.24) is 15.1 Å². The number of amides is 1. The first-order chi connectivity index (χ1) is 12.2. The van der Waals surface area contributed by atoms with Crippen LogP contribution in [0.4, 0.5) is 11.5 Å². The number of nitrogens with zero attached hydrogens (tertiary/aromatic N) is 4. The number of aromatic nitrogens is 2. The van der Waals surface area contributed by atoms with Crippen molar-refractivity contribution in [2.75, 3.05) is 42.9 Å². The van der Waals surface area contributed by atoms with Gasteiger partial charge in [0.15, 0.2) is 5.69 Å². The molecular weight excluding hydrogens is 314 g/mol. The number of carbonyl (C=O) groups is 1. The lowest BCUT2D eigenvalue weighted by Gasteiger charge is -2.36. The molecule has 6 heteroatoms. The number of carbonyl (C=O) groups excluding carboxylic acids is 1. The Balaban J connectivity index is 1.58. The number of benzene rings is 1. The second-order valence-electron chi connectivity index (χ2n) is 6.35. The van der Waals surface area contributed by atoms with Crippen molar-refractivity contribution in [3.63, 3.8) is 0 Å². The number of hydrogen-bond acceptors (Lipinski definition) is 5. The van der Waals surface area contributed by atoms with Gasteiger partial charge in [0.2, 0.25) is 0 Å². The molecule has 1 aromatic carbocycles. The van der Waals surface area contributed by atoms with E-state index in [9.17, 15) is 4.79 Å². The molecule has 1 saturated heterocycles. The Bertz CT molecular complexity index is 708. The van der Waals surface area contributed by atoms with E-state index in [1.54, 1.807) is 6.07 Å². The van der Waals surface area contributed by atoms with E-state index in [2.05, 4.69) is 58.5 Å². The third kappa shape index (κ3) is 4.26. The minimum absolute atomic E-state index is 0.0431. The van der Waals surface area contributed by atoms with Crippen LogP contribution in [0.3, 0.4) is 0 Å². The summed E-state index contributed by atoms with van der Waals surface area (Å²) in [5.41, 5.74) is 2.88. The van der Waals surface area contributed by atoms with E-state index in [-0.39, 0.29) is 5.91 Å². The van der Waals surface area contributed by atoms with Gasteiger partial charge in [-0.3, -0.25) is 4.79 Å². The predicted octanol–water partition coefficient (Wildman–Crippen LogP) is 2.57. The van der Waals surface area contributed by atoms with Crippen molar-refractivity contribution in [2.45, 2.75) is 20.3 Å². The zero-order valence-corrected chi connectivity index (χ0v) is 14.9. The van der Waals surface area contributed by atoms with E-state index < -0.39 is 0 Å². The molecule has 25 heavy (non-hydrogen) atoms. The molecule has 0 aliphatic carbocycles. The van der Waals surface area contributed by atoms with Crippen LogP contribution in [0.25, 0.3) is 0 Å². The SMILES string of the molecule is CCCNc1ccc(C(=O)N2CCN(c3cccc(C)c3)CC2)nn1. The lowest BCUT2D eigenvalue weighted by Crippen LogP contribution is -2.49. The Morgan fingerprint density at radius 2 is 1.92 bits per heavy atom. The van der Waals surface area contributed by atoms with Crippen LogP contribution in [0.15, 0.2) is 36.4 Å². The fraction of sp³-hybridized carbons (Fsp3) is 0.421. The van der Waals surface area contributed by atoms with Crippen LogP contribution in [0.2, 0.25) is 0 Å². The molecule has 1 aliphatic rings. The first kappa shape index (κ1) is 17.2. The maximum Gasteiger partial charge on any atom is 0.274 e. The molecule has 0 spiro atoms. The summed E-state index contributed by atoms with van der Waals surface area (Å²) in [4.78, 5) is 16.8. The minimum Gasteiger partial charge on any atom is -0.369 e. The molecule has 0 saturated carbocycles. The maximum atomic E-state index is 12.6. The normalized spacial score (nSPS) is 14.5. The number of piperazine rings is 1. The van der Waals surface area contributed by atoms with Crippen molar-refractivity contribution in [3.8, 4) is 0 Å². The van der Waals surface area contributed by atoms with Crippen LogP contribution < -0.4 is 10.2 Å². The highest BCUT2D eigenvalue weighted by molar-refractivity contribution is 5.92. The molecule has 2 heterocycles. The lowest BCUT2D eigenvalue weighted by atomic mass is 10.2. The minimum atomic E-state index is -0.0431. The van der Waals surface area contributed by atoms with Gasteiger partial charge in [0.1, 0.15) is 5.82 Å². The number of hydrogen-bond donors (Lipinski definition) is 1. The summed E-state index contributed by atoms with van der Waals surface area (Å²) in [7, 11) is 0. The summed E-state index contributed by atoms with van der Waals surface area (Å²) in [5, 5.41) is 11.3. The van der Waals surface area contributed by atoms with E-state index in [4.69, 9.17) is 0 Å². The van der Waals surface area contributed by atoms with Crippen molar-refractivity contribution in [2.24, 2.45) is 0 Å². The van der Waals surface area contributed by atoms with Crippen molar-refractivity contribution >= 4 is 17.4 Å². The highest BCUT2D eigenvalue weighted by atomic mass is 16.2.